The van der Waals surface area contributed by atoms with E-state index in [1.54, 1.807) is 0 Å². The molecule has 6 nitrogen and oxygen atoms in total. The molecule has 0 aliphatic carbocycles. The summed E-state index contributed by atoms with van der Waals surface area (Å²) in [6.45, 7) is 6.44. The first-order chi connectivity index (χ1) is 35.5. The molecule has 6 heteroatoms. The largest absolute Gasteiger partial charge is 0.462 e. The van der Waals surface area contributed by atoms with Crippen LogP contribution in [-0.2, 0) is 28.6 Å². The molecule has 0 aromatic rings. The van der Waals surface area contributed by atoms with E-state index >= 15 is 0 Å². The van der Waals surface area contributed by atoms with E-state index in [0.717, 1.165) is 154 Å². The lowest BCUT2D eigenvalue weighted by Crippen LogP contribution is -2.30. The van der Waals surface area contributed by atoms with Crippen molar-refractivity contribution in [1.82, 2.24) is 0 Å². The molecule has 1 atom stereocenters. The number of hydrogen-bond donors (Lipinski definition) is 0. The quantitative estimate of drug-likeness (QED) is 0.0261. The first kappa shape index (κ1) is 68.1. The van der Waals surface area contributed by atoms with Crippen LogP contribution < -0.4 is 0 Å². The molecule has 0 N–H and O–H groups in total. The van der Waals surface area contributed by atoms with Gasteiger partial charge < -0.3 is 14.2 Å². The first-order valence-corrected chi connectivity index (χ1v) is 29.9. The molecule has 0 saturated heterocycles. The molecule has 0 aliphatic heterocycles. The Morgan fingerprint density at radius 2 is 0.569 bits per heavy atom. The average Bonchev–Trinajstić information content (AvgIpc) is 3.38. The number of hydrogen-bond acceptors (Lipinski definition) is 6. The van der Waals surface area contributed by atoms with E-state index in [-0.39, 0.29) is 31.1 Å². The summed E-state index contributed by atoms with van der Waals surface area (Å²) in [7, 11) is 0. The van der Waals surface area contributed by atoms with Crippen molar-refractivity contribution in [3.05, 3.63) is 109 Å². The van der Waals surface area contributed by atoms with Crippen LogP contribution >= 0.6 is 0 Å². The van der Waals surface area contributed by atoms with Gasteiger partial charge in [-0.05, 0) is 103 Å². The summed E-state index contributed by atoms with van der Waals surface area (Å²) in [6, 6.07) is 0. The fraction of sp³-hybridized carbons (Fsp3) is 0.682. The van der Waals surface area contributed by atoms with Crippen LogP contribution in [0.1, 0.15) is 271 Å². The summed E-state index contributed by atoms with van der Waals surface area (Å²) >= 11 is 0. The van der Waals surface area contributed by atoms with Crippen molar-refractivity contribution >= 4 is 17.9 Å². The van der Waals surface area contributed by atoms with Gasteiger partial charge in [-0.15, -0.1) is 0 Å². The lowest BCUT2D eigenvalue weighted by Gasteiger charge is -2.18. The summed E-state index contributed by atoms with van der Waals surface area (Å²) < 4.78 is 16.8. The summed E-state index contributed by atoms with van der Waals surface area (Å²) in [6.07, 6.45) is 80.8. The Balaban J connectivity index is 4.36. The number of carbonyl (C=O) groups excluding carboxylic acids is 3. The van der Waals surface area contributed by atoms with Gasteiger partial charge in [0.1, 0.15) is 13.2 Å². The molecule has 0 rings (SSSR count). The third kappa shape index (κ3) is 57.0. The van der Waals surface area contributed by atoms with Gasteiger partial charge >= 0.3 is 17.9 Å². The zero-order valence-electron chi connectivity index (χ0n) is 46.9. The number of rotatable bonds is 53. The standard InChI is InChI=1S/C66H110O6/c1-4-7-10-13-16-19-22-25-27-28-29-30-31-32-33-34-35-36-37-38-39-42-44-47-50-53-56-59-65(68)71-62-63(61-70-64(67)58-55-52-49-46-43-40-24-21-18-15-12-9-6-3)72-66(69)60-57-54-51-48-45-41-26-23-20-17-14-11-8-5-2/h7,10,12,15-16,19,21,24-25,27,29-30,32-33,35-36,38-39,63H,4-6,8-9,11,13-14,17-18,20,22-23,26,28,31,34,37,40-62H2,1-3H3/b10-7-,15-12-,19-16-,24-21-,27-25-,30-29-,33-32-,36-35-,39-38-. The Hall–Kier alpha value is -3.93. The maximum Gasteiger partial charge on any atom is 0.306 e. The van der Waals surface area contributed by atoms with Crippen molar-refractivity contribution in [3.63, 3.8) is 0 Å². The third-order valence-corrected chi connectivity index (χ3v) is 12.5. The zero-order valence-corrected chi connectivity index (χ0v) is 46.9. The molecule has 0 amide bonds. The minimum atomic E-state index is -0.792. The lowest BCUT2D eigenvalue weighted by atomic mass is 10.0. The summed E-state index contributed by atoms with van der Waals surface area (Å²) in [5.74, 6) is -0.919. The van der Waals surface area contributed by atoms with Crippen LogP contribution in [0.2, 0.25) is 0 Å². The van der Waals surface area contributed by atoms with E-state index in [4.69, 9.17) is 14.2 Å². The van der Waals surface area contributed by atoms with E-state index < -0.39 is 6.10 Å². The Labute approximate surface area is 444 Å². The van der Waals surface area contributed by atoms with Gasteiger partial charge in [0.25, 0.3) is 0 Å². The summed E-state index contributed by atoms with van der Waals surface area (Å²) in [5.41, 5.74) is 0. The van der Waals surface area contributed by atoms with E-state index in [1.165, 1.54) is 77.0 Å². The molecule has 0 heterocycles. The van der Waals surface area contributed by atoms with Gasteiger partial charge in [0.15, 0.2) is 6.10 Å². The van der Waals surface area contributed by atoms with Gasteiger partial charge in [-0.2, -0.15) is 0 Å². The van der Waals surface area contributed by atoms with E-state index in [9.17, 15) is 14.4 Å². The number of carbonyl (C=O) groups is 3. The molecule has 0 saturated carbocycles. The highest BCUT2D eigenvalue weighted by Gasteiger charge is 2.19. The van der Waals surface area contributed by atoms with Crippen LogP contribution in [0.3, 0.4) is 0 Å². The van der Waals surface area contributed by atoms with Crippen molar-refractivity contribution < 1.29 is 28.6 Å². The Morgan fingerprint density at radius 3 is 0.903 bits per heavy atom. The molecule has 1 unspecified atom stereocenters. The number of ether oxygens (including phenoxy) is 3. The van der Waals surface area contributed by atoms with Crippen LogP contribution in [0.15, 0.2) is 109 Å². The minimum Gasteiger partial charge on any atom is -0.462 e. The SMILES string of the molecule is CC/C=C\C/C=C\C/C=C\C/C=C\C/C=C\C/C=C\C/C=C\CCCCCCCC(=O)OCC(COC(=O)CCCCCCC/C=C\C/C=C\CCC)OC(=O)CCCCCCCCCCCCCCCC. The normalized spacial score (nSPS) is 12.9. The van der Waals surface area contributed by atoms with Crippen LogP contribution in [0.4, 0.5) is 0 Å². The second-order valence-electron chi connectivity index (χ2n) is 19.5. The maximum absolute atomic E-state index is 12.8. The molecule has 0 aromatic heterocycles. The van der Waals surface area contributed by atoms with E-state index in [0.29, 0.717) is 19.3 Å². The van der Waals surface area contributed by atoms with Crippen LogP contribution in [0, 0.1) is 0 Å². The van der Waals surface area contributed by atoms with Gasteiger partial charge in [-0.25, -0.2) is 0 Å². The summed E-state index contributed by atoms with van der Waals surface area (Å²) in [4.78, 5) is 38.2. The fourth-order valence-corrected chi connectivity index (χ4v) is 8.05. The lowest BCUT2D eigenvalue weighted by molar-refractivity contribution is -0.167. The van der Waals surface area contributed by atoms with Crippen molar-refractivity contribution in [2.24, 2.45) is 0 Å². The van der Waals surface area contributed by atoms with Gasteiger partial charge in [0.2, 0.25) is 0 Å². The number of esters is 3. The predicted octanol–water partition coefficient (Wildman–Crippen LogP) is 20.3. The Bertz CT molecular complexity index is 1470. The molecule has 410 valence electrons. The van der Waals surface area contributed by atoms with Crippen LogP contribution in [0.25, 0.3) is 0 Å². The van der Waals surface area contributed by atoms with E-state index in [1.807, 2.05) is 0 Å². The number of unbranched alkanes of at least 4 members (excludes halogenated alkanes) is 24. The molecule has 0 radical (unpaired) electrons. The minimum absolute atomic E-state index is 0.0909. The molecule has 0 spiro atoms. The number of allylic oxidation sites excluding steroid dienone is 18. The predicted molar refractivity (Wildman–Crippen MR) is 311 cm³/mol. The smallest absolute Gasteiger partial charge is 0.306 e. The highest BCUT2D eigenvalue weighted by atomic mass is 16.6. The van der Waals surface area contributed by atoms with Crippen LogP contribution in [0.5, 0.6) is 0 Å². The van der Waals surface area contributed by atoms with Crippen molar-refractivity contribution in [3.8, 4) is 0 Å². The zero-order chi connectivity index (χ0) is 52.2. The molecule has 0 aliphatic rings. The van der Waals surface area contributed by atoms with Gasteiger partial charge in [0.05, 0.1) is 0 Å². The highest BCUT2D eigenvalue weighted by molar-refractivity contribution is 5.71. The Morgan fingerprint density at radius 1 is 0.292 bits per heavy atom. The Kier molecular flexibility index (Phi) is 56.4. The van der Waals surface area contributed by atoms with Crippen molar-refractivity contribution in [2.45, 2.75) is 277 Å². The summed E-state index contributed by atoms with van der Waals surface area (Å²) in [5, 5.41) is 0. The van der Waals surface area contributed by atoms with Gasteiger partial charge in [-0.1, -0.05) is 259 Å². The molecular weight excluding hydrogens is 889 g/mol. The second kappa shape index (κ2) is 59.6. The maximum atomic E-state index is 12.8. The fourth-order valence-electron chi connectivity index (χ4n) is 8.05. The third-order valence-electron chi connectivity index (χ3n) is 12.5. The van der Waals surface area contributed by atoms with Crippen molar-refractivity contribution in [2.75, 3.05) is 13.2 Å². The molecule has 0 fully saturated rings. The second-order valence-corrected chi connectivity index (χ2v) is 19.5. The first-order valence-electron chi connectivity index (χ1n) is 29.9. The average molecular weight is 1000 g/mol. The van der Waals surface area contributed by atoms with Gasteiger partial charge in [-0.3, -0.25) is 14.4 Å². The topological polar surface area (TPSA) is 78.9 Å². The molecule has 0 aromatic carbocycles. The molecule has 72 heavy (non-hydrogen) atoms. The monoisotopic (exact) mass is 999 g/mol. The highest BCUT2D eigenvalue weighted by Crippen LogP contribution is 2.15. The van der Waals surface area contributed by atoms with Crippen LogP contribution in [-0.4, -0.2) is 37.2 Å². The van der Waals surface area contributed by atoms with E-state index in [2.05, 4.69) is 130 Å². The van der Waals surface area contributed by atoms with Gasteiger partial charge in [0, 0.05) is 19.3 Å². The molecule has 0 bridgehead atoms. The molecular formula is C66H110O6. The van der Waals surface area contributed by atoms with Crippen molar-refractivity contribution in [1.29, 1.82) is 0 Å².